The summed E-state index contributed by atoms with van der Waals surface area (Å²) < 4.78 is 0.922. The average molecular weight is 351 g/mol. The molecule has 1 amide bonds. The Hall–Kier alpha value is -1.29. The van der Waals surface area contributed by atoms with E-state index in [0.717, 1.165) is 37.0 Å². The molecular formula is C21H40N3O+. The van der Waals surface area contributed by atoms with Gasteiger partial charge in [0.2, 0.25) is 5.91 Å². The van der Waals surface area contributed by atoms with Gasteiger partial charge in [-0.15, -0.1) is 0 Å². The van der Waals surface area contributed by atoms with E-state index in [1.54, 1.807) is 6.92 Å². The van der Waals surface area contributed by atoms with E-state index in [0.29, 0.717) is 6.17 Å². The van der Waals surface area contributed by atoms with Crippen molar-refractivity contribution in [1.29, 1.82) is 0 Å². The molecule has 1 aliphatic heterocycles. The van der Waals surface area contributed by atoms with E-state index in [-0.39, 0.29) is 5.91 Å². The minimum Gasteiger partial charge on any atom is -0.351 e. The molecule has 0 fully saturated rings. The summed E-state index contributed by atoms with van der Waals surface area (Å²) in [7, 11) is 0. The van der Waals surface area contributed by atoms with Crippen molar-refractivity contribution < 1.29 is 9.28 Å². The third-order valence-electron chi connectivity index (χ3n) is 5.27. The maximum absolute atomic E-state index is 11.1. The van der Waals surface area contributed by atoms with Gasteiger partial charge >= 0.3 is 0 Å². The number of carbonyl (C=O) groups is 1. The first-order chi connectivity index (χ1) is 12.1. The van der Waals surface area contributed by atoms with E-state index in [9.17, 15) is 4.79 Å². The molecule has 2 atom stereocenters. The summed E-state index contributed by atoms with van der Waals surface area (Å²) in [5, 5.41) is 6.44. The lowest BCUT2D eigenvalue weighted by Gasteiger charge is -2.37. The van der Waals surface area contributed by atoms with Gasteiger partial charge in [0.25, 0.3) is 0 Å². The molecule has 0 radical (unpaired) electrons. The fourth-order valence-corrected chi connectivity index (χ4v) is 3.58. The number of hydrogen-bond acceptors (Lipinski definition) is 2. The smallest absolute Gasteiger partial charge is 0.217 e. The molecule has 1 aliphatic rings. The molecule has 0 saturated carbocycles. The molecule has 2 unspecified atom stereocenters. The molecule has 0 aromatic heterocycles. The summed E-state index contributed by atoms with van der Waals surface area (Å²) in [5.41, 5.74) is 0. The fraction of sp³-hybridized carbons (Fsp3) is 0.762. The quantitative estimate of drug-likeness (QED) is 0.276. The molecule has 0 saturated heterocycles. The highest BCUT2D eigenvalue weighted by Crippen LogP contribution is 2.21. The largest absolute Gasteiger partial charge is 0.351 e. The van der Waals surface area contributed by atoms with Crippen molar-refractivity contribution in [2.75, 3.05) is 19.6 Å². The van der Waals surface area contributed by atoms with Crippen LogP contribution in [-0.2, 0) is 4.79 Å². The van der Waals surface area contributed by atoms with E-state index >= 15 is 0 Å². The highest BCUT2D eigenvalue weighted by Gasteiger charge is 2.35. The van der Waals surface area contributed by atoms with Crippen LogP contribution in [0.4, 0.5) is 0 Å². The van der Waals surface area contributed by atoms with Crippen LogP contribution in [0, 0.1) is 0 Å². The minimum absolute atomic E-state index is 0.0552. The van der Waals surface area contributed by atoms with Crippen LogP contribution in [0.2, 0.25) is 0 Å². The van der Waals surface area contributed by atoms with Crippen molar-refractivity contribution in [3.05, 3.63) is 24.6 Å². The Kier molecular flexibility index (Phi) is 11.3. The van der Waals surface area contributed by atoms with Crippen molar-refractivity contribution >= 4 is 5.91 Å². The summed E-state index contributed by atoms with van der Waals surface area (Å²) in [6.07, 6.45) is 21.2. The SMILES string of the molecule is CCCCCCCC/C=C/CCC1NC=C[N+]1(CC)CCNC(C)=O. The first-order valence-corrected chi connectivity index (χ1v) is 10.3. The zero-order valence-electron chi connectivity index (χ0n) is 16.7. The lowest BCUT2D eigenvalue weighted by Crippen LogP contribution is -2.55. The van der Waals surface area contributed by atoms with Gasteiger partial charge < -0.3 is 10.6 Å². The van der Waals surface area contributed by atoms with Gasteiger partial charge in [-0.25, -0.2) is 0 Å². The number of unbranched alkanes of at least 4 members (excludes halogenated alkanes) is 6. The number of allylic oxidation sites excluding steroid dienone is 2. The molecule has 2 N–H and O–H groups in total. The number of quaternary nitrogens is 1. The van der Waals surface area contributed by atoms with Crippen LogP contribution in [0.15, 0.2) is 24.6 Å². The van der Waals surface area contributed by atoms with Crippen LogP contribution in [0.5, 0.6) is 0 Å². The molecule has 1 heterocycles. The number of amides is 1. The molecule has 4 heteroatoms. The zero-order valence-corrected chi connectivity index (χ0v) is 16.7. The first-order valence-electron chi connectivity index (χ1n) is 10.3. The summed E-state index contributed by atoms with van der Waals surface area (Å²) in [6, 6.07) is 0. The van der Waals surface area contributed by atoms with Crippen molar-refractivity contribution in [2.45, 2.75) is 84.7 Å². The Labute approximate surface area is 155 Å². The summed E-state index contributed by atoms with van der Waals surface area (Å²) in [6.45, 7) is 8.82. The van der Waals surface area contributed by atoms with E-state index < -0.39 is 0 Å². The van der Waals surface area contributed by atoms with Crippen molar-refractivity contribution in [3.63, 3.8) is 0 Å². The van der Waals surface area contributed by atoms with Crippen molar-refractivity contribution in [2.24, 2.45) is 0 Å². The van der Waals surface area contributed by atoms with Crippen LogP contribution in [0.1, 0.15) is 78.6 Å². The Balaban J connectivity index is 2.21. The van der Waals surface area contributed by atoms with Gasteiger partial charge in [-0.3, -0.25) is 9.28 Å². The van der Waals surface area contributed by atoms with Crippen LogP contribution in [-0.4, -0.2) is 36.2 Å². The minimum atomic E-state index is 0.0552. The summed E-state index contributed by atoms with van der Waals surface area (Å²) >= 11 is 0. The monoisotopic (exact) mass is 350 g/mol. The Morgan fingerprint density at radius 3 is 2.56 bits per heavy atom. The van der Waals surface area contributed by atoms with E-state index in [4.69, 9.17) is 0 Å². The number of nitrogens with zero attached hydrogens (tertiary/aromatic N) is 1. The lowest BCUT2D eigenvalue weighted by molar-refractivity contribution is -0.898. The summed E-state index contributed by atoms with van der Waals surface area (Å²) in [5.74, 6) is 0.0552. The average Bonchev–Trinajstić information content (AvgIpc) is 2.99. The maximum atomic E-state index is 11.1. The second-order valence-electron chi connectivity index (χ2n) is 7.23. The molecule has 4 nitrogen and oxygen atoms in total. The third kappa shape index (κ3) is 8.57. The van der Waals surface area contributed by atoms with Gasteiger partial charge in [0, 0.05) is 13.3 Å². The van der Waals surface area contributed by atoms with Crippen LogP contribution >= 0.6 is 0 Å². The van der Waals surface area contributed by atoms with E-state index in [1.807, 2.05) is 0 Å². The fourth-order valence-electron chi connectivity index (χ4n) is 3.58. The van der Waals surface area contributed by atoms with E-state index in [1.165, 1.54) is 44.9 Å². The molecule has 1 rings (SSSR count). The standard InChI is InChI=1S/C21H39N3O/c1-4-6-7-8-9-10-11-12-13-14-15-21-23-17-19-24(21,5-2)18-16-22-20(3)25/h12-13,17,19,21,23H,4-11,14-16,18H2,1-3H3/p+1/b13-12+. The Morgan fingerprint density at radius 1 is 1.12 bits per heavy atom. The molecule has 0 aliphatic carbocycles. The predicted octanol–water partition coefficient (Wildman–Crippen LogP) is 4.45. The van der Waals surface area contributed by atoms with Crippen LogP contribution in [0.25, 0.3) is 0 Å². The second-order valence-corrected chi connectivity index (χ2v) is 7.23. The van der Waals surface area contributed by atoms with Gasteiger partial charge in [-0.05, 0) is 26.2 Å². The predicted molar refractivity (Wildman–Crippen MR) is 107 cm³/mol. The number of carbonyl (C=O) groups excluding carboxylic acids is 1. The molecule has 0 aromatic carbocycles. The normalized spacial score (nSPS) is 22.4. The molecular weight excluding hydrogens is 310 g/mol. The van der Waals surface area contributed by atoms with Gasteiger partial charge in [-0.2, -0.15) is 0 Å². The van der Waals surface area contributed by atoms with Gasteiger partial charge in [0.1, 0.15) is 12.7 Å². The summed E-state index contributed by atoms with van der Waals surface area (Å²) in [4.78, 5) is 11.1. The Bertz CT molecular complexity index is 419. The molecule has 0 bridgehead atoms. The van der Waals surface area contributed by atoms with Crippen molar-refractivity contribution in [1.82, 2.24) is 10.6 Å². The van der Waals surface area contributed by atoms with Gasteiger partial charge in [0.05, 0.1) is 19.3 Å². The molecule has 0 spiro atoms. The molecule has 0 aromatic rings. The maximum Gasteiger partial charge on any atom is 0.217 e. The van der Waals surface area contributed by atoms with Gasteiger partial charge in [-0.1, -0.05) is 51.2 Å². The third-order valence-corrected chi connectivity index (χ3v) is 5.27. The molecule has 144 valence electrons. The number of nitrogens with one attached hydrogen (secondary N) is 2. The number of rotatable bonds is 14. The topological polar surface area (TPSA) is 41.1 Å². The van der Waals surface area contributed by atoms with Crippen molar-refractivity contribution in [3.8, 4) is 0 Å². The van der Waals surface area contributed by atoms with Gasteiger partial charge in [0.15, 0.2) is 6.17 Å². The van der Waals surface area contributed by atoms with Crippen LogP contribution in [0.3, 0.4) is 0 Å². The Morgan fingerprint density at radius 2 is 1.84 bits per heavy atom. The number of likely N-dealkylation sites (N-methyl/N-ethyl adjacent to an activating group) is 1. The number of hydrogen-bond donors (Lipinski definition) is 2. The highest BCUT2D eigenvalue weighted by molar-refractivity contribution is 5.72. The zero-order chi connectivity index (χ0) is 18.4. The second kappa shape index (κ2) is 13.0. The highest BCUT2D eigenvalue weighted by atomic mass is 16.1. The first kappa shape index (κ1) is 21.8. The molecule has 25 heavy (non-hydrogen) atoms. The lowest BCUT2D eigenvalue weighted by atomic mass is 10.1. The van der Waals surface area contributed by atoms with E-state index in [2.05, 4.69) is 49.0 Å². The van der Waals surface area contributed by atoms with Crippen LogP contribution < -0.4 is 10.6 Å².